The molecule has 0 radical (unpaired) electrons. The Labute approximate surface area is 183 Å². The second kappa shape index (κ2) is 12.8. The molecule has 3 rings (SSSR count). The van der Waals surface area contributed by atoms with Crippen molar-refractivity contribution in [3.05, 3.63) is 53.8 Å². The lowest BCUT2D eigenvalue weighted by atomic mass is 10.1. The predicted octanol–water partition coefficient (Wildman–Crippen LogP) is 4.40. The Hall–Kier alpha value is -2.80. The van der Waals surface area contributed by atoms with E-state index in [-0.39, 0.29) is 5.82 Å². The SMILES string of the molecule is COCCCCCN=C(NCCc1cccc(F)c1)Nc1ccc2c(c1)OCCCO2. The minimum Gasteiger partial charge on any atom is -0.490 e. The molecule has 0 aliphatic carbocycles. The lowest BCUT2D eigenvalue weighted by molar-refractivity contribution is 0.192. The van der Waals surface area contributed by atoms with Gasteiger partial charge in [0, 0.05) is 45.0 Å². The molecular weight excluding hydrogens is 397 g/mol. The van der Waals surface area contributed by atoms with Gasteiger partial charge in [-0.25, -0.2) is 4.39 Å². The van der Waals surface area contributed by atoms with E-state index >= 15 is 0 Å². The second-order valence-electron chi connectivity index (χ2n) is 7.43. The molecule has 2 aromatic carbocycles. The summed E-state index contributed by atoms with van der Waals surface area (Å²) < 4.78 is 30.0. The van der Waals surface area contributed by atoms with Crippen LogP contribution in [0.4, 0.5) is 10.1 Å². The number of unbranched alkanes of at least 4 members (excludes halogenated alkanes) is 2. The number of aliphatic imine (C=N–C) groups is 1. The largest absolute Gasteiger partial charge is 0.490 e. The summed E-state index contributed by atoms with van der Waals surface area (Å²) in [5, 5.41) is 6.70. The van der Waals surface area contributed by atoms with Crippen LogP contribution in [0.3, 0.4) is 0 Å². The summed E-state index contributed by atoms with van der Waals surface area (Å²) in [7, 11) is 1.72. The lowest BCUT2D eigenvalue weighted by Crippen LogP contribution is -2.32. The van der Waals surface area contributed by atoms with Gasteiger partial charge in [0.25, 0.3) is 0 Å². The maximum atomic E-state index is 13.4. The molecule has 1 heterocycles. The van der Waals surface area contributed by atoms with Gasteiger partial charge < -0.3 is 24.8 Å². The van der Waals surface area contributed by atoms with Crippen LogP contribution in [0.1, 0.15) is 31.2 Å². The van der Waals surface area contributed by atoms with Crippen molar-refractivity contribution in [1.82, 2.24) is 5.32 Å². The van der Waals surface area contributed by atoms with Crippen LogP contribution in [0.15, 0.2) is 47.5 Å². The lowest BCUT2D eigenvalue weighted by Gasteiger charge is -2.15. The van der Waals surface area contributed by atoms with Crippen molar-refractivity contribution in [3.63, 3.8) is 0 Å². The predicted molar refractivity (Wildman–Crippen MR) is 122 cm³/mol. The van der Waals surface area contributed by atoms with E-state index in [1.807, 2.05) is 24.3 Å². The Bertz CT molecular complexity index is 845. The maximum Gasteiger partial charge on any atom is 0.195 e. The number of nitrogens with zero attached hydrogens (tertiary/aromatic N) is 1. The van der Waals surface area contributed by atoms with Crippen LogP contribution in [0.5, 0.6) is 11.5 Å². The van der Waals surface area contributed by atoms with Crippen LogP contribution in [0.25, 0.3) is 0 Å². The van der Waals surface area contributed by atoms with Crippen LogP contribution in [0.2, 0.25) is 0 Å². The van der Waals surface area contributed by atoms with E-state index in [4.69, 9.17) is 19.2 Å². The van der Waals surface area contributed by atoms with E-state index in [0.717, 1.165) is 55.0 Å². The number of guanidine groups is 1. The van der Waals surface area contributed by atoms with E-state index in [1.54, 1.807) is 19.2 Å². The van der Waals surface area contributed by atoms with Gasteiger partial charge in [0.1, 0.15) is 5.82 Å². The number of halogens is 1. The summed E-state index contributed by atoms with van der Waals surface area (Å²) in [6.07, 6.45) is 4.66. The van der Waals surface area contributed by atoms with Crippen molar-refractivity contribution in [2.45, 2.75) is 32.1 Å². The van der Waals surface area contributed by atoms with Crippen molar-refractivity contribution in [2.24, 2.45) is 4.99 Å². The van der Waals surface area contributed by atoms with E-state index in [2.05, 4.69) is 10.6 Å². The molecule has 31 heavy (non-hydrogen) atoms. The monoisotopic (exact) mass is 429 g/mol. The highest BCUT2D eigenvalue weighted by atomic mass is 19.1. The smallest absolute Gasteiger partial charge is 0.195 e. The molecule has 0 amide bonds. The number of methoxy groups -OCH3 is 1. The molecule has 1 aliphatic heterocycles. The summed E-state index contributed by atoms with van der Waals surface area (Å²) in [6, 6.07) is 12.5. The zero-order valence-electron chi connectivity index (χ0n) is 18.2. The van der Waals surface area contributed by atoms with Crippen molar-refractivity contribution in [3.8, 4) is 11.5 Å². The molecule has 0 saturated carbocycles. The number of rotatable bonds is 10. The van der Waals surface area contributed by atoms with Gasteiger partial charge in [-0.2, -0.15) is 0 Å². The maximum absolute atomic E-state index is 13.4. The first-order valence-corrected chi connectivity index (χ1v) is 10.9. The van der Waals surface area contributed by atoms with E-state index in [0.29, 0.717) is 38.7 Å². The fourth-order valence-corrected chi connectivity index (χ4v) is 3.26. The highest BCUT2D eigenvalue weighted by Gasteiger charge is 2.11. The normalized spacial score (nSPS) is 13.5. The van der Waals surface area contributed by atoms with E-state index in [9.17, 15) is 4.39 Å². The van der Waals surface area contributed by atoms with Crippen molar-refractivity contribution in [2.75, 3.05) is 45.3 Å². The zero-order chi connectivity index (χ0) is 21.7. The fraction of sp³-hybridized carbons (Fsp3) is 0.458. The first-order chi connectivity index (χ1) is 15.2. The molecule has 0 atom stereocenters. The van der Waals surface area contributed by atoms with Crippen molar-refractivity contribution >= 4 is 11.6 Å². The Kier molecular flexibility index (Phi) is 9.44. The molecule has 0 fully saturated rings. The molecule has 1 aliphatic rings. The first kappa shape index (κ1) is 22.9. The molecule has 2 aromatic rings. The number of fused-ring (bicyclic) bond motifs is 1. The standard InChI is InChI=1S/C24H32FN3O3/c1-29-14-4-2-3-12-26-24(27-13-11-19-7-5-8-20(25)17-19)28-21-9-10-22-23(18-21)31-16-6-15-30-22/h5,7-10,17-18H,2-4,6,11-16H2,1H3,(H2,26,27,28). The van der Waals surface area contributed by atoms with Crippen LogP contribution < -0.4 is 20.1 Å². The molecule has 2 N–H and O–H groups in total. The third kappa shape index (κ3) is 8.09. The Morgan fingerprint density at radius 1 is 1.06 bits per heavy atom. The van der Waals surface area contributed by atoms with Gasteiger partial charge in [-0.1, -0.05) is 12.1 Å². The van der Waals surface area contributed by atoms with Crippen LogP contribution >= 0.6 is 0 Å². The third-order valence-corrected chi connectivity index (χ3v) is 4.88. The van der Waals surface area contributed by atoms with Gasteiger partial charge in [-0.15, -0.1) is 0 Å². The summed E-state index contributed by atoms with van der Waals surface area (Å²) in [6.45, 7) is 3.44. The molecule has 0 aromatic heterocycles. The van der Waals surface area contributed by atoms with E-state index in [1.165, 1.54) is 6.07 Å². The number of ether oxygens (including phenoxy) is 3. The van der Waals surface area contributed by atoms with Gasteiger partial charge in [-0.05, 0) is 55.5 Å². The summed E-state index contributed by atoms with van der Waals surface area (Å²) in [5.41, 5.74) is 1.82. The minimum atomic E-state index is -0.215. The van der Waals surface area contributed by atoms with Crippen LogP contribution in [-0.2, 0) is 11.2 Å². The minimum absolute atomic E-state index is 0.215. The van der Waals surface area contributed by atoms with Gasteiger partial charge in [0.2, 0.25) is 0 Å². The Morgan fingerprint density at radius 2 is 1.94 bits per heavy atom. The zero-order valence-corrected chi connectivity index (χ0v) is 18.2. The number of hydrogen-bond acceptors (Lipinski definition) is 4. The van der Waals surface area contributed by atoms with Crippen molar-refractivity contribution in [1.29, 1.82) is 0 Å². The van der Waals surface area contributed by atoms with Gasteiger partial charge >= 0.3 is 0 Å². The first-order valence-electron chi connectivity index (χ1n) is 10.9. The topological polar surface area (TPSA) is 64.1 Å². The molecule has 7 heteroatoms. The summed E-state index contributed by atoms with van der Waals surface area (Å²) in [5.74, 6) is 1.98. The molecule has 0 unspecified atom stereocenters. The average molecular weight is 430 g/mol. The molecular formula is C24H32FN3O3. The molecule has 0 saturated heterocycles. The quantitative estimate of drug-likeness (QED) is 0.333. The van der Waals surface area contributed by atoms with Gasteiger partial charge in [-0.3, -0.25) is 4.99 Å². The average Bonchev–Trinajstić information content (AvgIpc) is 3.01. The van der Waals surface area contributed by atoms with Gasteiger partial charge in [0.05, 0.1) is 13.2 Å². The summed E-state index contributed by atoms with van der Waals surface area (Å²) >= 11 is 0. The van der Waals surface area contributed by atoms with Gasteiger partial charge in [0.15, 0.2) is 17.5 Å². The highest BCUT2D eigenvalue weighted by Crippen LogP contribution is 2.32. The second-order valence-corrected chi connectivity index (χ2v) is 7.43. The summed E-state index contributed by atoms with van der Waals surface area (Å²) in [4.78, 5) is 4.70. The van der Waals surface area contributed by atoms with E-state index < -0.39 is 0 Å². The molecule has 0 bridgehead atoms. The number of benzene rings is 2. The molecule has 168 valence electrons. The number of hydrogen-bond donors (Lipinski definition) is 2. The highest BCUT2D eigenvalue weighted by molar-refractivity contribution is 5.94. The fourth-order valence-electron chi connectivity index (χ4n) is 3.26. The molecule has 6 nitrogen and oxygen atoms in total. The van der Waals surface area contributed by atoms with Crippen molar-refractivity contribution < 1.29 is 18.6 Å². The Balaban J connectivity index is 1.59. The third-order valence-electron chi connectivity index (χ3n) is 4.88. The van der Waals surface area contributed by atoms with Crippen LogP contribution in [-0.4, -0.2) is 46.0 Å². The Morgan fingerprint density at radius 3 is 2.77 bits per heavy atom. The number of nitrogens with one attached hydrogen (secondary N) is 2. The van der Waals surface area contributed by atoms with Crippen LogP contribution in [0, 0.1) is 5.82 Å². The molecule has 0 spiro atoms. The number of anilines is 1.